The summed E-state index contributed by atoms with van der Waals surface area (Å²) in [6.45, 7) is 13.5. The second kappa shape index (κ2) is 13.6. The number of aliphatic hydroxyl groups excluding tert-OH is 1. The molecule has 2 aliphatic rings. The first-order chi connectivity index (χ1) is 18.1. The molecule has 6 atom stereocenters. The highest BCUT2D eigenvalue weighted by molar-refractivity contribution is 8.14. The molecular formula is C28H40N2O7S. The lowest BCUT2D eigenvalue weighted by atomic mass is 9.91. The van der Waals surface area contributed by atoms with Crippen LogP contribution in [0.1, 0.15) is 32.8 Å². The van der Waals surface area contributed by atoms with Gasteiger partial charge < -0.3 is 28.8 Å². The highest BCUT2D eigenvalue weighted by Gasteiger charge is 2.53. The number of aryl methyl sites for hydroxylation is 1. The number of carbonyl (C=O) groups excluding carboxylic acids is 1. The van der Waals surface area contributed by atoms with Crippen LogP contribution in [0.4, 0.5) is 4.79 Å². The van der Waals surface area contributed by atoms with Gasteiger partial charge in [0.05, 0.1) is 26.4 Å². The minimum absolute atomic E-state index is 0.253. The summed E-state index contributed by atoms with van der Waals surface area (Å²) >= 11 is 1.31. The van der Waals surface area contributed by atoms with Gasteiger partial charge in [0.2, 0.25) is 0 Å². The molecule has 2 aliphatic heterocycles. The van der Waals surface area contributed by atoms with Crippen molar-refractivity contribution in [2.45, 2.75) is 75.1 Å². The lowest BCUT2D eigenvalue weighted by Gasteiger charge is -2.44. The van der Waals surface area contributed by atoms with Gasteiger partial charge in [-0.3, -0.25) is 9.89 Å². The number of hydrogen-bond acceptors (Lipinski definition) is 9. The Balaban J connectivity index is 1.80. The first kappa shape index (κ1) is 30.2. The number of benzene rings is 1. The van der Waals surface area contributed by atoms with Gasteiger partial charge >= 0.3 is 6.09 Å². The Morgan fingerprint density at radius 1 is 1.18 bits per heavy atom. The number of thioether (sulfide) groups is 1. The zero-order valence-corrected chi connectivity index (χ0v) is 23.7. The van der Waals surface area contributed by atoms with E-state index in [1.165, 1.54) is 16.7 Å². The number of amidine groups is 1. The largest absolute Gasteiger partial charge is 0.497 e. The number of hydrogen-bond donors (Lipinski definition) is 1. The van der Waals surface area contributed by atoms with Crippen molar-refractivity contribution in [3.8, 4) is 5.75 Å². The quantitative estimate of drug-likeness (QED) is 0.411. The maximum Gasteiger partial charge on any atom is 0.416 e. The van der Waals surface area contributed by atoms with Crippen molar-refractivity contribution in [3.63, 3.8) is 0 Å². The van der Waals surface area contributed by atoms with Gasteiger partial charge in [-0.2, -0.15) is 0 Å². The van der Waals surface area contributed by atoms with Crippen LogP contribution >= 0.6 is 11.8 Å². The van der Waals surface area contributed by atoms with Gasteiger partial charge in [-0.25, -0.2) is 4.79 Å². The topological polar surface area (TPSA) is 99.1 Å². The predicted molar refractivity (Wildman–Crippen MR) is 149 cm³/mol. The zero-order valence-electron chi connectivity index (χ0n) is 22.9. The molecule has 1 fully saturated rings. The van der Waals surface area contributed by atoms with Gasteiger partial charge in [-0.15, -0.1) is 13.2 Å². The van der Waals surface area contributed by atoms with Crippen molar-refractivity contribution in [3.05, 3.63) is 55.1 Å². The molecule has 10 heteroatoms. The number of amides is 1. The van der Waals surface area contributed by atoms with Crippen LogP contribution in [0.3, 0.4) is 0 Å². The van der Waals surface area contributed by atoms with Crippen LogP contribution in [0.15, 0.2) is 54.6 Å². The maximum atomic E-state index is 12.7. The first-order valence-corrected chi connectivity index (χ1v) is 13.6. The number of methoxy groups -OCH3 is 1. The Bertz CT molecular complexity index is 978. The summed E-state index contributed by atoms with van der Waals surface area (Å²) in [5.74, 6) is 0.779. The number of rotatable bonds is 11. The van der Waals surface area contributed by atoms with Crippen LogP contribution in [0.2, 0.25) is 0 Å². The monoisotopic (exact) mass is 548 g/mol. The molecule has 0 saturated carbocycles. The van der Waals surface area contributed by atoms with Crippen molar-refractivity contribution in [2.24, 2.45) is 4.99 Å². The van der Waals surface area contributed by atoms with Gasteiger partial charge in [-0.05, 0) is 51.3 Å². The smallest absolute Gasteiger partial charge is 0.416 e. The number of aliphatic hydroxyl groups is 1. The van der Waals surface area contributed by atoms with Gasteiger partial charge in [0, 0.05) is 7.05 Å². The number of nitrogens with zero attached hydrogens (tertiary/aromatic N) is 2. The summed E-state index contributed by atoms with van der Waals surface area (Å²) in [5.41, 5.74) is -0.0492. The highest BCUT2D eigenvalue weighted by Crippen LogP contribution is 2.41. The molecule has 1 unspecified atom stereocenters. The van der Waals surface area contributed by atoms with E-state index in [9.17, 15) is 9.90 Å². The van der Waals surface area contributed by atoms with Gasteiger partial charge in [0.25, 0.3) is 0 Å². The molecule has 2 heterocycles. The third kappa shape index (κ3) is 7.83. The predicted octanol–water partition coefficient (Wildman–Crippen LogP) is 4.19. The highest BCUT2D eigenvalue weighted by atomic mass is 32.2. The van der Waals surface area contributed by atoms with E-state index in [0.29, 0.717) is 18.0 Å². The Kier molecular flexibility index (Phi) is 10.8. The number of carbonyl (C=O) groups is 1. The molecule has 0 aliphatic carbocycles. The van der Waals surface area contributed by atoms with E-state index in [-0.39, 0.29) is 13.2 Å². The average Bonchev–Trinajstić information content (AvgIpc) is 3.31. The summed E-state index contributed by atoms with van der Waals surface area (Å²) in [6, 6.07) is 7.29. The van der Waals surface area contributed by atoms with Crippen molar-refractivity contribution < 1.29 is 33.6 Å². The van der Waals surface area contributed by atoms with E-state index in [1.807, 2.05) is 45.0 Å². The minimum Gasteiger partial charge on any atom is -0.497 e. The number of fused-ring (bicyclic) bond motifs is 1. The van der Waals surface area contributed by atoms with E-state index in [4.69, 9.17) is 28.7 Å². The van der Waals surface area contributed by atoms with Gasteiger partial charge in [-0.1, -0.05) is 36.0 Å². The van der Waals surface area contributed by atoms with Crippen LogP contribution in [0.25, 0.3) is 0 Å². The van der Waals surface area contributed by atoms with Crippen molar-refractivity contribution in [2.75, 3.05) is 27.4 Å². The maximum absolute atomic E-state index is 12.7. The van der Waals surface area contributed by atoms with E-state index < -0.39 is 47.6 Å². The third-order valence-electron chi connectivity index (χ3n) is 6.07. The molecule has 0 radical (unpaired) electrons. The lowest BCUT2D eigenvalue weighted by molar-refractivity contribution is -0.209. The summed E-state index contributed by atoms with van der Waals surface area (Å²) in [4.78, 5) is 18.8. The van der Waals surface area contributed by atoms with Gasteiger partial charge in [0.15, 0.2) is 5.17 Å². The fourth-order valence-corrected chi connectivity index (χ4v) is 5.40. The fourth-order valence-electron chi connectivity index (χ4n) is 4.24. The molecule has 9 nitrogen and oxygen atoms in total. The summed E-state index contributed by atoms with van der Waals surface area (Å²) < 4.78 is 29.4. The molecular weight excluding hydrogens is 508 g/mol. The van der Waals surface area contributed by atoms with E-state index in [2.05, 4.69) is 13.2 Å². The van der Waals surface area contributed by atoms with Crippen molar-refractivity contribution in [1.82, 2.24) is 4.90 Å². The fraction of sp³-hybridized carbons (Fsp3) is 0.571. The molecule has 1 aromatic rings. The van der Waals surface area contributed by atoms with Crippen molar-refractivity contribution >= 4 is 23.0 Å². The molecule has 1 aromatic carbocycles. The van der Waals surface area contributed by atoms with Gasteiger partial charge in [0.1, 0.15) is 41.1 Å². The molecule has 1 N–H and O–H groups in total. The minimum atomic E-state index is -0.837. The lowest BCUT2D eigenvalue weighted by Crippen LogP contribution is -2.60. The van der Waals surface area contributed by atoms with Crippen LogP contribution in [0.5, 0.6) is 5.75 Å². The second-order valence-electron chi connectivity index (χ2n) is 10.2. The zero-order chi connectivity index (χ0) is 27.9. The summed E-state index contributed by atoms with van der Waals surface area (Å²) in [6.07, 6.45) is 1.21. The first-order valence-electron chi connectivity index (χ1n) is 12.7. The van der Waals surface area contributed by atoms with E-state index in [1.54, 1.807) is 26.3 Å². The van der Waals surface area contributed by atoms with Crippen LogP contribution in [0, 0.1) is 0 Å². The molecule has 3 rings (SSSR count). The van der Waals surface area contributed by atoms with Crippen LogP contribution < -0.4 is 4.74 Å². The standard InChI is InChI=1S/C28H40N2O7S/c1-8-16-34-23-21-25(38-26(29-21)30(6)27(32)37-28(3,4)5)36-22(24(23)35-17-9-2)20(31)15-12-18-10-13-19(33-7)14-11-18/h8-11,13-14,20-25,31H,1-2,12,15-17H2,3-7H3/t20?,21-,22-,23-,24-,25-/m1/s1. The van der Waals surface area contributed by atoms with Crippen LogP contribution in [-0.4, -0.2) is 90.1 Å². The molecule has 1 amide bonds. The Morgan fingerprint density at radius 3 is 2.39 bits per heavy atom. The average molecular weight is 549 g/mol. The Labute approximate surface area is 229 Å². The molecule has 0 spiro atoms. The third-order valence-corrected chi connectivity index (χ3v) is 7.28. The normalized spacial score (nSPS) is 25.6. The molecule has 1 saturated heterocycles. The molecule has 0 aromatic heterocycles. The van der Waals surface area contributed by atoms with E-state index in [0.717, 1.165) is 11.3 Å². The number of ether oxygens (including phenoxy) is 5. The Morgan fingerprint density at radius 2 is 1.82 bits per heavy atom. The molecule has 210 valence electrons. The second-order valence-corrected chi connectivity index (χ2v) is 11.2. The van der Waals surface area contributed by atoms with Crippen LogP contribution in [-0.2, 0) is 25.4 Å². The summed E-state index contributed by atoms with van der Waals surface area (Å²) in [7, 11) is 3.24. The van der Waals surface area contributed by atoms with E-state index >= 15 is 0 Å². The number of aliphatic imine (C=N–C) groups is 1. The molecule has 0 bridgehead atoms. The Hall–Kier alpha value is -2.37. The molecule has 38 heavy (non-hydrogen) atoms. The SMILES string of the molecule is C=CCO[C@@H]1[C@H]2N=C(N(C)C(=O)OC(C)(C)C)S[C@H]2O[C@H](C(O)CCc2ccc(OC)cc2)[C@H]1OCC=C. The summed E-state index contributed by atoms with van der Waals surface area (Å²) in [5, 5.41) is 11.8. The van der Waals surface area contributed by atoms with Crippen molar-refractivity contribution in [1.29, 1.82) is 0 Å².